The largest absolute Gasteiger partial charge is 0.496 e. The first-order valence-electron chi connectivity index (χ1n) is 8.44. The van der Waals surface area contributed by atoms with Crippen molar-refractivity contribution in [1.29, 1.82) is 0 Å². The molecular weight excluding hydrogens is 364 g/mol. The van der Waals surface area contributed by atoms with Crippen molar-refractivity contribution >= 4 is 22.4 Å². The van der Waals surface area contributed by atoms with Crippen molar-refractivity contribution in [3.63, 3.8) is 0 Å². The average Bonchev–Trinajstić information content (AvgIpc) is 3.16. The molecule has 1 aliphatic rings. The van der Waals surface area contributed by atoms with Crippen LogP contribution in [0.2, 0.25) is 0 Å². The number of fused-ring (bicyclic) bond motifs is 1. The predicted molar refractivity (Wildman–Crippen MR) is 104 cm³/mol. The Morgan fingerprint density at radius 3 is 2.85 bits per heavy atom. The number of ether oxygens (including phenoxy) is 3. The van der Waals surface area contributed by atoms with Crippen LogP contribution in [0.25, 0.3) is 11.3 Å². The van der Waals surface area contributed by atoms with E-state index in [1.54, 1.807) is 13.2 Å². The molecule has 7 heteroatoms. The summed E-state index contributed by atoms with van der Waals surface area (Å²) < 4.78 is 16.6. The standard InChI is InChI=1S/C20H18N2O4S/c1-12-9-13(7-8-15(12)24-2)14-11-27-20(21-14)22-19(23)18-10-25-16-5-3-4-6-17(16)26-18/h3-9,11,18H,10H2,1-2H3,(H,21,22,23)/t18-/m0/s1. The molecule has 4 rings (SSSR count). The van der Waals surface area contributed by atoms with Gasteiger partial charge in [-0.05, 0) is 42.8 Å². The SMILES string of the molecule is COc1ccc(-c2csc(NC(=O)[C@@H]3COc4ccccc4O3)n2)cc1C. The molecule has 3 aromatic rings. The molecule has 0 saturated carbocycles. The maximum Gasteiger partial charge on any atom is 0.270 e. The Morgan fingerprint density at radius 2 is 2.07 bits per heavy atom. The van der Waals surface area contributed by atoms with E-state index in [2.05, 4.69) is 10.3 Å². The molecule has 0 fully saturated rings. The molecule has 0 aliphatic carbocycles. The number of methoxy groups -OCH3 is 1. The number of nitrogens with zero attached hydrogens (tertiary/aromatic N) is 1. The Labute approximate surface area is 160 Å². The zero-order valence-corrected chi connectivity index (χ0v) is 15.7. The van der Waals surface area contributed by atoms with Crippen molar-refractivity contribution in [3.05, 3.63) is 53.4 Å². The van der Waals surface area contributed by atoms with Gasteiger partial charge in [-0.3, -0.25) is 10.1 Å². The number of nitrogens with one attached hydrogen (secondary N) is 1. The molecular formula is C20H18N2O4S. The maximum atomic E-state index is 12.5. The first-order valence-corrected chi connectivity index (χ1v) is 9.32. The van der Waals surface area contributed by atoms with Gasteiger partial charge in [0.25, 0.3) is 5.91 Å². The number of aromatic nitrogens is 1. The van der Waals surface area contributed by atoms with E-state index in [1.165, 1.54) is 11.3 Å². The Bertz CT molecular complexity index is 986. The first kappa shape index (κ1) is 17.4. The number of aryl methyl sites for hydroxylation is 1. The highest BCUT2D eigenvalue weighted by Gasteiger charge is 2.27. The van der Waals surface area contributed by atoms with E-state index in [-0.39, 0.29) is 12.5 Å². The van der Waals surface area contributed by atoms with E-state index in [1.807, 2.05) is 48.7 Å². The van der Waals surface area contributed by atoms with E-state index in [4.69, 9.17) is 14.2 Å². The molecule has 0 bridgehead atoms. The number of amides is 1. The summed E-state index contributed by atoms with van der Waals surface area (Å²) in [6.45, 7) is 2.15. The second-order valence-corrected chi connectivity index (χ2v) is 6.93. The fourth-order valence-electron chi connectivity index (χ4n) is 2.84. The number of hydrogen-bond donors (Lipinski definition) is 1. The van der Waals surface area contributed by atoms with E-state index < -0.39 is 6.10 Å². The highest BCUT2D eigenvalue weighted by Crippen LogP contribution is 2.32. The van der Waals surface area contributed by atoms with Gasteiger partial charge in [0.15, 0.2) is 16.6 Å². The normalized spacial score (nSPS) is 15.3. The Kier molecular flexibility index (Phi) is 4.68. The van der Waals surface area contributed by atoms with Crippen LogP contribution in [0.5, 0.6) is 17.2 Å². The molecule has 1 aromatic heterocycles. The van der Waals surface area contributed by atoms with Crippen LogP contribution in [-0.4, -0.2) is 30.7 Å². The maximum absolute atomic E-state index is 12.5. The quantitative estimate of drug-likeness (QED) is 0.741. The summed E-state index contributed by atoms with van der Waals surface area (Å²) in [7, 11) is 1.65. The Balaban J connectivity index is 1.45. The lowest BCUT2D eigenvalue weighted by Gasteiger charge is -2.25. The third kappa shape index (κ3) is 3.59. The smallest absolute Gasteiger partial charge is 0.270 e. The third-order valence-electron chi connectivity index (χ3n) is 4.23. The van der Waals surface area contributed by atoms with Crippen LogP contribution in [0.3, 0.4) is 0 Å². The fourth-order valence-corrected chi connectivity index (χ4v) is 3.56. The van der Waals surface area contributed by atoms with Gasteiger partial charge in [0.1, 0.15) is 12.4 Å². The first-order chi connectivity index (χ1) is 13.1. The van der Waals surface area contributed by atoms with Gasteiger partial charge in [0.05, 0.1) is 12.8 Å². The lowest BCUT2D eigenvalue weighted by molar-refractivity contribution is -0.125. The molecule has 0 saturated heterocycles. The van der Waals surface area contributed by atoms with Gasteiger partial charge in [-0.2, -0.15) is 0 Å². The third-order valence-corrected chi connectivity index (χ3v) is 4.98. The highest BCUT2D eigenvalue weighted by molar-refractivity contribution is 7.14. The van der Waals surface area contributed by atoms with E-state index in [0.29, 0.717) is 16.6 Å². The van der Waals surface area contributed by atoms with Gasteiger partial charge in [0.2, 0.25) is 6.10 Å². The minimum absolute atomic E-state index is 0.165. The van der Waals surface area contributed by atoms with Crippen LogP contribution in [0.15, 0.2) is 47.8 Å². The average molecular weight is 382 g/mol. The summed E-state index contributed by atoms with van der Waals surface area (Å²) in [5.41, 5.74) is 2.79. The topological polar surface area (TPSA) is 69.7 Å². The number of carbonyl (C=O) groups is 1. The van der Waals surface area contributed by atoms with Gasteiger partial charge in [-0.15, -0.1) is 11.3 Å². The molecule has 0 spiro atoms. The molecule has 2 heterocycles. The molecule has 27 heavy (non-hydrogen) atoms. The van der Waals surface area contributed by atoms with Crippen LogP contribution in [0.4, 0.5) is 5.13 Å². The van der Waals surface area contributed by atoms with E-state index in [0.717, 1.165) is 22.6 Å². The van der Waals surface area contributed by atoms with Gasteiger partial charge in [0, 0.05) is 10.9 Å². The molecule has 0 radical (unpaired) electrons. The minimum atomic E-state index is -0.713. The molecule has 1 amide bonds. The summed E-state index contributed by atoms with van der Waals surface area (Å²) in [6.07, 6.45) is -0.713. The van der Waals surface area contributed by atoms with Crippen LogP contribution < -0.4 is 19.5 Å². The molecule has 2 aromatic carbocycles. The lowest BCUT2D eigenvalue weighted by Crippen LogP contribution is -2.40. The monoisotopic (exact) mass is 382 g/mol. The lowest BCUT2D eigenvalue weighted by atomic mass is 10.1. The summed E-state index contributed by atoms with van der Waals surface area (Å²) in [6, 6.07) is 13.2. The Morgan fingerprint density at radius 1 is 1.26 bits per heavy atom. The van der Waals surface area contributed by atoms with Gasteiger partial charge in [-0.1, -0.05) is 12.1 Å². The van der Waals surface area contributed by atoms with Crippen molar-refractivity contribution in [3.8, 4) is 28.5 Å². The van der Waals surface area contributed by atoms with Crippen LogP contribution in [-0.2, 0) is 4.79 Å². The van der Waals surface area contributed by atoms with Crippen molar-refractivity contribution in [2.45, 2.75) is 13.0 Å². The van der Waals surface area contributed by atoms with Crippen LogP contribution in [0, 0.1) is 6.92 Å². The van der Waals surface area contributed by atoms with Crippen molar-refractivity contribution in [1.82, 2.24) is 4.98 Å². The van der Waals surface area contributed by atoms with Crippen LogP contribution in [0.1, 0.15) is 5.56 Å². The summed E-state index contributed by atoms with van der Waals surface area (Å²) in [5.74, 6) is 1.76. The molecule has 1 N–H and O–H groups in total. The predicted octanol–water partition coefficient (Wildman–Crippen LogP) is 3.91. The molecule has 1 atom stereocenters. The molecule has 6 nitrogen and oxygen atoms in total. The summed E-state index contributed by atoms with van der Waals surface area (Å²) in [5, 5.41) is 5.24. The molecule has 0 unspecified atom stereocenters. The number of para-hydroxylation sites is 2. The summed E-state index contributed by atoms with van der Waals surface area (Å²) in [4.78, 5) is 17.0. The number of anilines is 1. The Hall–Kier alpha value is -3.06. The summed E-state index contributed by atoms with van der Waals surface area (Å²) >= 11 is 1.37. The van der Waals surface area contributed by atoms with Crippen molar-refractivity contribution in [2.75, 3.05) is 19.0 Å². The fraction of sp³-hybridized carbons (Fsp3) is 0.200. The minimum Gasteiger partial charge on any atom is -0.496 e. The zero-order valence-electron chi connectivity index (χ0n) is 14.9. The second kappa shape index (κ2) is 7.28. The second-order valence-electron chi connectivity index (χ2n) is 6.08. The van der Waals surface area contributed by atoms with Gasteiger partial charge >= 0.3 is 0 Å². The van der Waals surface area contributed by atoms with Crippen molar-refractivity contribution < 1.29 is 19.0 Å². The highest BCUT2D eigenvalue weighted by atomic mass is 32.1. The number of hydrogen-bond acceptors (Lipinski definition) is 6. The number of thiazole rings is 1. The van der Waals surface area contributed by atoms with Gasteiger partial charge in [-0.25, -0.2) is 4.98 Å². The number of carbonyl (C=O) groups excluding carboxylic acids is 1. The van der Waals surface area contributed by atoms with Gasteiger partial charge < -0.3 is 14.2 Å². The van der Waals surface area contributed by atoms with E-state index in [9.17, 15) is 4.79 Å². The van der Waals surface area contributed by atoms with Crippen molar-refractivity contribution in [2.24, 2.45) is 0 Å². The number of benzene rings is 2. The van der Waals surface area contributed by atoms with E-state index >= 15 is 0 Å². The number of rotatable bonds is 4. The zero-order chi connectivity index (χ0) is 18.8. The molecule has 1 aliphatic heterocycles. The molecule has 138 valence electrons. The van der Waals surface area contributed by atoms with Crippen LogP contribution >= 0.6 is 11.3 Å².